The SMILES string of the molecule is CC(=O)O[C@H](C(=O)C=CC(=O)CCCCCCCCCCO)[C@@H](Cc1ccccc1)C(=O)N1C(=O)OC(C)(C)[C@@H]1C(C)C. The predicted molar refractivity (Wildman–Crippen MR) is 163 cm³/mol. The van der Waals surface area contributed by atoms with Gasteiger partial charge in [0.2, 0.25) is 5.91 Å². The van der Waals surface area contributed by atoms with E-state index in [0.29, 0.717) is 12.0 Å². The molecule has 1 aliphatic heterocycles. The summed E-state index contributed by atoms with van der Waals surface area (Å²) in [5.74, 6) is -3.73. The van der Waals surface area contributed by atoms with Crippen LogP contribution in [0.25, 0.3) is 0 Å². The summed E-state index contributed by atoms with van der Waals surface area (Å²) in [5, 5.41) is 8.83. The number of carbonyl (C=O) groups excluding carboxylic acids is 5. The number of nitrogens with zero attached hydrogens (tertiary/aromatic N) is 1. The van der Waals surface area contributed by atoms with Crippen molar-refractivity contribution in [1.82, 2.24) is 4.90 Å². The molecule has 1 N–H and O–H groups in total. The molecular formula is C34H49NO8. The minimum absolute atomic E-state index is 0.0279. The molecule has 1 aromatic carbocycles. The maximum atomic E-state index is 14.1. The van der Waals surface area contributed by atoms with Gasteiger partial charge in [0.15, 0.2) is 17.7 Å². The molecule has 238 valence electrons. The summed E-state index contributed by atoms with van der Waals surface area (Å²) in [4.78, 5) is 66.3. The van der Waals surface area contributed by atoms with Gasteiger partial charge in [-0.2, -0.15) is 0 Å². The molecule has 1 saturated heterocycles. The Morgan fingerprint density at radius 3 is 2.09 bits per heavy atom. The van der Waals surface area contributed by atoms with Crippen LogP contribution in [0.2, 0.25) is 0 Å². The number of ether oxygens (including phenoxy) is 2. The van der Waals surface area contributed by atoms with Gasteiger partial charge >= 0.3 is 12.1 Å². The second-order valence-electron chi connectivity index (χ2n) is 12.2. The zero-order chi connectivity index (χ0) is 32.0. The molecule has 0 unspecified atom stereocenters. The molecule has 1 aromatic rings. The van der Waals surface area contributed by atoms with Crippen LogP contribution < -0.4 is 0 Å². The van der Waals surface area contributed by atoms with Gasteiger partial charge in [0.1, 0.15) is 5.60 Å². The minimum Gasteiger partial charge on any atom is -0.453 e. The highest BCUT2D eigenvalue weighted by molar-refractivity contribution is 6.05. The molecule has 9 nitrogen and oxygen atoms in total. The zero-order valence-corrected chi connectivity index (χ0v) is 26.4. The molecule has 0 aromatic heterocycles. The van der Waals surface area contributed by atoms with Crippen molar-refractivity contribution < 1.29 is 38.6 Å². The number of esters is 1. The van der Waals surface area contributed by atoms with Crippen LogP contribution in [0, 0.1) is 11.8 Å². The lowest BCUT2D eigenvalue weighted by atomic mass is 9.85. The number of hydrogen-bond acceptors (Lipinski definition) is 8. The van der Waals surface area contributed by atoms with E-state index in [-0.39, 0.29) is 31.1 Å². The molecule has 0 bridgehead atoms. The normalized spacial score (nSPS) is 17.6. The lowest BCUT2D eigenvalue weighted by Gasteiger charge is -2.34. The van der Waals surface area contributed by atoms with E-state index in [2.05, 4.69) is 0 Å². The van der Waals surface area contributed by atoms with Crippen LogP contribution in [-0.2, 0) is 35.1 Å². The van der Waals surface area contributed by atoms with Crippen LogP contribution in [-0.4, -0.2) is 63.9 Å². The van der Waals surface area contributed by atoms with Crippen molar-refractivity contribution in [3.8, 4) is 0 Å². The maximum Gasteiger partial charge on any atom is 0.417 e. The number of aliphatic hydroxyl groups excluding tert-OH is 1. The van der Waals surface area contributed by atoms with E-state index in [1.807, 2.05) is 19.9 Å². The number of benzene rings is 1. The molecule has 0 aliphatic carbocycles. The Morgan fingerprint density at radius 2 is 1.53 bits per heavy atom. The molecular weight excluding hydrogens is 550 g/mol. The van der Waals surface area contributed by atoms with Crippen LogP contribution in [0.1, 0.15) is 98.0 Å². The van der Waals surface area contributed by atoms with Gasteiger partial charge in [-0.05, 0) is 56.7 Å². The summed E-state index contributed by atoms with van der Waals surface area (Å²) in [6.45, 7) is 8.60. The Hall–Kier alpha value is -3.33. The summed E-state index contributed by atoms with van der Waals surface area (Å²) in [6.07, 6.45) is 7.97. The van der Waals surface area contributed by atoms with Gasteiger partial charge in [-0.1, -0.05) is 82.7 Å². The van der Waals surface area contributed by atoms with Crippen molar-refractivity contribution in [2.75, 3.05) is 6.61 Å². The smallest absolute Gasteiger partial charge is 0.417 e. The van der Waals surface area contributed by atoms with Crippen molar-refractivity contribution in [2.24, 2.45) is 11.8 Å². The van der Waals surface area contributed by atoms with Gasteiger partial charge in [0.25, 0.3) is 0 Å². The van der Waals surface area contributed by atoms with Crippen molar-refractivity contribution in [2.45, 2.75) is 117 Å². The third-order valence-corrected chi connectivity index (χ3v) is 7.73. The highest BCUT2D eigenvalue weighted by Crippen LogP contribution is 2.36. The number of aliphatic hydroxyl groups is 1. The van der Waals surface area contributed by atoms with E-state index in [4.69, 9.17) is 14.6 Å². The molecule has 0 spiro atoms. The Labute approximate surface area is 256 Å². The fourth-order valence-corrected chi connectivity index (χ4v) is 5.80. The van der Waals surface area contributed by atoms with E-state index in [9.17, 15) is 24.0 Å². The van der Waals surface area contributed by atoms with E-state index in [1.54, 1.807) is 38.1 Å². The monoisotopic (exact) mass is 599 g/mol. The molecule has 43 heavy (non-hydrogen) atoms. The number of carbonyl (C=O) groups is 5. The zero-order valence-electron chi connectivity index (χ0n) is 26.4. The third-order valence-electron chi connectivity index (χ3n) is 7.73. The summed E-state index contributed by atoms with van der Waals surface area (Å²) < 4.78 is 11.0. The first-order valence-corrected chi connectivity index (χ1v) is 15.5. The molecule has 1 fully saturated rings. The van der Waals surface area contributed by atoms with Crippen molar-refractivity contribution in [3.63, 3.8) is 0 Å². The van der Waals surface area contributed by atoms with E-state index < -0.39 is 47.4 Å². The lowest BCUT2D eigenvalue weighted by Crippen LogP contribution is -2.53. The van der Waals surface area contributed by atoms with Crippen LogP contribution in [0.15, 0.2) is 42.5 Å². The first-order chi connectivity index (χ1) is 20.4. The summed E-state index contributed by atoms with van der Waals surface area (Å²) in [6, 6.07) is 8.38. The molecule has 0 saturated carbocycles. The van der Waals surface area contributed by atoms with Gasteiger partial charge in [0.05, 0.1) is 12.0 Å². The number of amides is 2. The van der Waals surface area contributed by atoms with Crippen molar-refractivity contribution in [1.29, 1.82) is 0 Å². The summed E-state index contributed by atoms with van der Waals surface area (Å²) in [7, 11) is 0. The highest BCUT2D eigenvalue weighted by atomic mass is 16.6. The van der Waals surface area contributed by atoms with Crippen molar-refractivity contribution >= 4 is 29.5 Å². The minimum atomic E-state index is -1.54. The van der Waals surface area contributed by atoms with Gasteiger partial charge in [0, 0.05) is 20.0 Å². The second-order valence-corrected chi connectivity index (χ2v) is 12.2. The number of cyclic esters (lactones) is 1. The fraction of sp³-hybridized carbons (Fsp3) is 0.618. The molecule has 2 rings (SSSR count). The lowest BCUT2D eigenvalue weighted by molar-refractivity contribution is -0.159. The molecule has 3 atom stereocenters. The van der Waals surface area contributed by atoms with Crippen molar-refractivity contribution in [3.05, 3.63) is 48.0 Å². The first kappa shape index (κ1) is 35.9. The Bertz CT molecular complexity index is 1110. The second kappa shape index (κ2) is 17.7. The van der Waals surface area contributed by atoms with E-state index in [0.717, 1.165) is 62.8 Å². The number of allylic oxidation sites excluding steroid dienone is 1. The van der Waals surface area contributed by atoms with Crippen LogP contribution in [0.5, 0.6) is 0 Å². The average Bonchev–Trinajstić information content (AvgIpc) is 3.20. The van der Waals surface area contributed by atoms with E-state index in [1.165, 1.54) is 6.08 Å². The Kier molecular flexibility index (Phi) is 14.8. The first-order valence-electron chi connectivity index (χ1n) is 15.5. The molecule has 9 heteroatoms. The van der Waals surface area contributed by atoms with E-state index >= 15 is 0 Å². The standard InChI is InChI=1S/C34H49NO8/c1-24(2)31-34(4,5)43-33(41)35(31)32(40)28(23-26-17-13-12-14-18-26)30(42-25(3)37)29(39)21-20-27(38)19-15-10-8-6-7-9-11-16-22-36/h12-14,17-18,20-21,24,28,30-31,36H,6-11,15-16,19,22-23H2,1-5H3/t28-,30+,31+/m1/s1. The molecule has 0 radical (unpaired) electrons. The van der Waals surface area contributed by atoms with Crippen LogP contribution in [0.4, 0.5) is 4.79 Å². The number of unbranched alkanes of at least 4 members (excludes halogenated alkanes) is 7. The topological polar surface area (TPSA) is 127 Å². The van der Waals surface area contributed by atoms with Gasteiger partial charge in [-0.25, -0.2) is 9.69 Å². The number of hydrogen-bond donors (Lipinski definition) is 1. The Balaban J connectivity index is 2.19. The van der Waals surface area contributed by atoms with Crippen LogP contribution in [0.3, 0.4) is 0 Å². The molecule has 1 heterocycles. The molecule has 2 amide bonds. The van der Waals surface area contributed by atoms with Crippen LogP contribution >= 0.6 is 0 Å². The Morgan fingerprint density at radius 1 is 0.953 bits per heavy atom. The quantitative estimate of drug-likeness (QED) is 0.121. The van der Waals surface area contributed by atoms with Gasteiger partial charge in [-0.15, -0.1) is 0 Å². The number of imide groups is 1. The fourth-order valence-electron chi connectivity index (χ4n) is 5.80. The maximum absolute atomic E-state index is 14.1. The third kappa shape index (κ3) is 11.4. The number of ketones is 2. The van der Waals surface area contributed by atoms with Gasteiger partial charge < -0.3 is 14.6 Å². The summed E-state index contributed by atoms with van der Waals surface area (Å²) in [5.41, 5.74) is -0.238. The van der Waals surface area contributed by atoms with Gasteiger partial charge in [-0.3, -0.25) is 19.2 Å². The summed E-state index contributed by atoms with van der Waals surface area (Å²) >= 11 is 0. The highest BCUT2D eigenvalue weighted by Gasteiger charge is 2.54. The number of rotatable bonds is 19. The predicted octanol–water partition coefficient (Wildman–Crippen LogP) is 5.76. The molecule has 1 aliphatic rings. The average molecular weight is 600 g/mol. The largest absolute Gasteiger partial charge is 0.453 e.